The van der Waals surface area contributed by atoms with Crippen molar-refractivity contribution in [2.45, 2.75) is 25.4 Å². The molecule has 0 radical (unpaired) electrons. The molecule has 0 bridgehead atoms. The van der Waals surface area contributed by atoms with E-state index in [1.807, 2.05) is 30.3 Å². The lowest BCUT2D eigenvalue weighted by molar-refractivity contribution is -0.142. The van der Waals surface area contributed by atoms with Crippen LogP contribution in [0, 0.1) is 11.3 Å². The van der Waals surface area contributed by atoms with Crippen LogP contribution >= 0.6 is 11.3 Å². The number of anilines is 1. The van der Waals surface area contributed by atoms with Crippen molar-refractivity contribution < 1.29 is 9.53 Å². The molecule has 0 N–H and O–H groups in total. The van der Waals surface area contributed by atoms with Gasteiger partial charge in [0.15, 0.2) is 5.13 Å². The molecule has 0 unspecified atom stereocenters. The predicted molar refractivity (Wildman–Crippen MR) is 126 cm³/mol. The fourth-order valence-corrected chi connectivity index (χ4v) is 4.92. The van der Waals surface area contributed by atoms with Crippen LogP contribution in [-0.2, 0) is 16.1 Å². The summed E-state index contributed by atoms with van der Waals surface area (Å²) in [7, 11) is 1.44. The van der Waals surface area contributed by atoms with Gasteiger partial charge in [-0.15, -0.1) is 11.3 Å². The van der Waals surface area contributed by atoms with Crippen molar-refractivity contribution in [3.05, 3.63) is 71.1 Å². The van der Waals surface area contributed by atoms with Crippen molar-refractivity contribution in [3.8, 4) is 17.3 Å². The number of benzene rings is 2. The number of aromatic nitrogens is 1. The van der Waals surface area contributed by atoms with Crippen LogP contribution in [0.25, 0.3) is 11.3 Å². The number of carbonyl (C=O) groups excluding carboxylic acids is 1. The van der Waals surface area contributed by atoms with Gasteiger partial charge in [0, 0.05) is 36.6 Å². The summed E-state index contributed by atoms with van der Waals surface area (Å²) >= 11 is 1.65. The zero-order valence-electron chi connectivity index (χ0n) is 18.1. The first-order valence-corrected chi connectivity index (χ1v) is 11.6. The minimum absolute atomic E-state index is 0.184. The van der Waals surface area contributed by atoms with Crippen molar-refractivity contribution in [2.75, 3.05) is 31.6 Å². The molecule has 4 rings (SSSR count). The number of rotatable bonds is 7. The van der Waals surface area contributed by atoms with Gasteiger partial charge in [-0.25, -0.2) is 4.98 Å². The third-order valence-electron chi connectivity index (χ3n) is 5.82. The second kappa shape index (κ2) is 10.4. The van der Waals surface area contributed by atoms with Crippen LogP contribution in [-0.4, -0.2) is 48.6 Å². The van der Waals surface area contributed by atoms with Crippen LogP contribution in [0.5, 0.6) is 0 Å². The zero-order chi connectivity index (χ0) is 22.3. The maximum Gasteiger partial charge on any atom is 0.319 e. The van der Waals surface area contributed by atoms with Crippen LogP contribution in [0.3, 0.4) is 0 Å². The molecule has 0 amide bonds. The molecule has 1 saturated heterocycles. The molecular weight excluding hydrogens is 420 g/mol. The van der Waals surface area contributed by atoms with E-state index in [1.165, 1.54) is 12.7 Å². The molecule has 0 aliphatic carbocycles. The first kappa shape index (κ1) is 22.0. The number of esters is 1. The molecule has 1 aliphatic heterocycles. The van der Waals surface area contributed by atoms with E-state index in [4.69, 9.17) is 15.0 Å². The standard InChI is InChI=1S/C25H26N4O2S/c1-31-24(30)17-28-13-11-22(12-14-28)29(16-20-5-3-2-4-6-20)25-27-23(18-32-25)21-9-7-19(15-26)8-10-21/h2-10,18,22H,11-14,16-17H2,1H3. The van der Waals surface area contributed by atoms with Gasteiger partial charge in [0.05, 0.1) is 31.0 Å². The molecule has 164 valence electrons. The van der Waals surface area contributed by atoms with E-state index < -0.39 is 0 Å². The highest BCUT2D eigenvalue weighted by Gasteiger charge is 2.27. The molecular formula is C25H26N4O2S. The lowest BCUT2D eigenvalue weighted by Gasteiger charge is -2.38. The Labute approximate surface area is 192 Å². The van der Waals surface area contributed by atoms with Gasteiger partial charge >= 0.3 is 5.97 Å². The summed E-state index contributed by atoms with van der Waals surface area (Å²) in [5.74, 6) is -0.184. The van der Waals surface area contributed by atoms with E-state index in [1.54, 1.807) is 11.3 Å². The van der Waals surface area contributed by atoms with E-state index in [2.05, 4.69) is 45.5 Å². The summed E-state index contributed by atoms with van der Waals surface area (Å²) in [5.41, 5.74) is 3.84. The second-order valence-corrected chi connectivity index (χ2v) is 8.74. The Morgan fingerprint density at radius 1 is 1.19 bits per heavy atom. The van der Waals surface area contributed by atoms with Crippen LogP contribution < -0.4 is 4.90 Å². The number of hydrogen-bond donors (Lipinski definition) is 0. The second-order valence-electron chi connectivity index (χ2n) is 7.90. The van der Waals surface area contributed by atoms with Gasteiger partial charge in [-0.3, -0.25) is 9.69 Å². The normalized spacial score (nSPS) is 14.6. The maximum atomic E-state index is 11.6. The number of ether oxygens (including phenoxy) is 1. The highest BCUT2D eigenvalue weighted by molar-refractivity contribution is 7.14. The number of hydrogen-bond acceptors (Lipinski definition) is 7. The number of methoxy groups -OCH3 is 1. The summed E-state index contributed by atoms with van der Waals surface area (Å²) in [6.45, 7) is 2.86. The monoisotopic (exact) mass is 446 g/mol. The van der Waals surface area contributed by atoms with Crippen LogP contribution in [0.4, 0.5) is 5.13 Å². The van der Waals surface area contributed by atoms with Gasteiger partial charge in [-0.05, 0) is 30.5 Å². The molecule has 3 aromatic rings. The van der Waals surface area contributed by atoms with Gasteiger partial charge in [0.2, 0.25) is 0 Å². The van der Waals surface area contributed by atoms with Crippen molar-refractivity contribution in [1.82, 2.24) is 9.88 Å². The third kappa shape index (κ3) is 5.34. The average molecular weight is 447 g/mol. The Kier molecular flexibility index (Phi) is 7.15. The Hall–Kier alpha value is -3.21. The largest absolute Gasteiger partial charge is 0.468 e. The first-order chi connectivity index (χ1) is 15.7. The average Bonchev–Trinajstić information content (AvgIpc) is 3.34. The highest BCUT2D eigenvalue weighted by Crippen LogP contribution is 2.32. The van der Waals surface area contributed by atoms with Gasteiger partial charge < -0.3 is 9.64 Å². The SMILES string of the molecule is COC(=O)CN1CCC(N(Cc2ccccc2)c2nc(-c3ccc(C#N)cc3)cs2)CC1. The van der Waals surface area contributed by atoms with E-state index >= 15 is 0 Å². The third-order valence-corrected chi connectivity index (χ3v) is 6.70. The van der Waals surface area contributed by atoms with Gasteiger partial charge in [-0.2, -0.15) is 5.26 Å². The number of piperidine rings is 1. The Balaban J connectivity index is 1.53. The Morgan fingerprint density at radius 2 is 1.91 bits per heavy atom. The molecule has 2 heterocycles. The quantitative estimate of drug-likeness (QED) is 0.503. The van der Waals surface area contributed by atoms with Crippen molar-refractivity contribution in [3.63, 3.8) is 0 Å². The van der Waals surface area contributed by atoms with E-state index in [0.29, 0.717) is 18.2 Å². The molecule has 0 saturated carbocycles. The lowest BCUT2D eigenvalue weighted by Crippen LogP contribution is -2.46. The Bertz CT molecular complexity index is 1070. The molecule has 6 nitrogen and oxygen atoms in total. The van der Waals surface area contributed by atoms with Crippen LogP contribution in [0.15, 0.2) is 60.0 Å². The fourth-order valence-electron chi connectivity index (χ4n) is 4.01. The summed E-state index contributed by atoms with van der Waals surface area (Å²) in [4.78, 5) is 21.2. The number of thiazole rings is 1. The van der Waals surface area contributed by atoms with E-state index in [-0.39, 0.29) is 5.97 Å². The minimum atomic E-state index is -0.184. The van der Waals surface area contributed by atoms with Crippen molar-refractivity contribution in [2.24, 2.45) is 0 Å². The smallest absolute Gasteiger partial charge is 0.319 e. The topological polar surface area (TPSA) is 69.5 Å². The summed E-state index contributed by atoms with van der Waals surface area (Å²) in [6, 6.07) is 20.5. The molecule has 2 aromatic carbocycles. The van der Waals surface area contributed by atoms with Gasteiger partial charge in [0.1, 0.15) is 0 Å². The molecule has 0 atom stereocenters. The lowest BCUT2D eigenvalue weighted by atomic mass is 10.0. The van der Waals surface area contributed by atoms with Gasteiger partial charge in [-0.1, -0.05) is 42.5 Å². The highest BCUT2D eigenvalue weighted by atomic mass is 32.1. The fraction of sp³-hybridized carbons (Fsp3) is 0.320. The minimum Gasteiger partial charge on any atom is -0.468 e. The van der Waals surface area contributed by atoms with Gasteiger partial charge in [0.25, 0.3) is 0 Å². The maximum absolute atomic E-state index is 11.6. The summed E-state index contributed by atoms with van der Waals surface area (Å²) in [5, 5.41) is 12.1. The summed E-state index contributed by atoms with van der Waals surface area (Å²) in [6.07, 6.45) is 1.94. The molecule has 1 aliphatic rings. The van der Waals surface area contributed by atoms with E-state index in [0.717, 1.165) is 48.9 Å². The zero-order valence-corrected chi connectivity index (χ0v) is 18.9. The number of likely N-dealkylation sites (tertiary alicyclic amines) is 1. The number of nitrogens with zero attached hydrogens (tertiary/aromatic N) is 4. The van der Waals surface area contributed by atoms with E-state index in [9.17, 15) is 4.79 Å². The first-order valence-electron chi connectivity index (χ1n) is 10.7. The van der Waals surface area contributed by atoms with Crippen molar-refractivity contribution >= 4 is 22.4 Å². The molecule has 0 spiro atoms. The number of carbonyl (C=O) groups is 1. The van der Waals surface area contributed by atoms with Crippen LogP contribution in [0.1, 0.15) is 24.0 Å². The van der Waals surface area contributed by atoms with Crippen molar-refractivity contribution in [1.29, 1.82) is 5.26 Å². The molecule has 32 heavy (non-hydrogen) atoms. The van der Waals surface area contributed by atoms with Crippen LogP contribution in [0.2, 0.25) is 0 Å². The Morgan fingerprint density at radius 3 is 2.56 bits per heavy atom. The predicted octanol–water partition coefficient (Wildman–Crippen LogP) is 4.33. The molecule has 1 fully saturated rings. The molecule has 1 aromatic heterocycles. The summed E-state index contributed by atoms with van der Waals surface area (Å²) < 4.78 is 4.82. The number of nitriles is 1. The molecule has 7 heteroatoms.